The maximum absolute atomic E-state index is 13.2. The molecule has 5 rings (SSSR count). The Morgan fingerprint density at radius 3 is 2.42 bits per heavy atom. The fraction of sp³-hybridized carbons (Fsp3) is 0.231. The van der Waals surface area contributed by atoms with Crippen LogP contribution in [-0.4, -0.2) is 58.5 Å². The zero-order chi connectivity index (χ0) is 25.1. The van der Waals surface area contributed by atoms with Gasteiger partial charge in [-0.15, -0.1) is 0 Å². The minimum absolute atomic E-state index is 0.00544. The highest BCUT2D eigenvalue weighted by Crippen LogP contribution is 2.34. The maximum Gasteiger partial charge on any atom is 0.418 e. The SMILES string of the molecule is O=C(CN1CCN(c2nc(-c3cccnc3)nc3ccccc23)CC1)Nc1ccccc1C(F)(F)F. The van der Waals surface area contributed by atoms with Crippen LogP contribution in [0.15, 0.2) is 73.1 Å². The molecule has 4 aromatic rings. The lowest BCUT2D eigenvalue weighted by Crippen LogP contribution is -2.49. The van der Waals surface area contributed by atoms with E-state index in [-0.39, 0.29) is 12.2 Å². The number of fused-ring (bicyclic) bond motifs is 1. The number of benzene rings is 2. The zero-order valence-corrected chi connectivity index (χ0v) is 19.2. The Bertz CT molecular complexity index is 1370. The fourth-order valence-corrected chi connectivity index (χ4v) is 4.27. The summed E-state index contributed by atoms with van der Waals surface area (Å²) in [4.78, 5) is 30.3. The molecular formula is C26H23F3N6O. The lowest BCUT2D eigenvalue weighted by atomic mass is 10.1. The number of piperazine rings is 1. The number of hydrogen-bond donors (Lipinski definition) is 1. The van der Waals surface area contributed by atoms with Crippen molar-refractivity contribution in [1.29, 1.82) is 0 Å². The van der Waals surface area contributed by atoms with Crippen LogP contribution in [0.2, 0.25) is 0 Å². The van der Waals surface area contributed by atoms with Crippen molar-refractivity contribution in [2.75, 3.05) is 42.9 Å². The van der Waals surface area contributed by atoms with Gasteiger partial charge in [0.25, 0.3) is 0 Å². The predicted molar refractivity (Wildman–Crippen MR) is 131 cm³/mol. The van der Waals surface area contributed by atoms with E-state index < -0.39 is 17.6 Å². The van der Waals surface area contributed by atoms with Crippen LogP contribution in [0.3, 0.4) is 0 Å². The monoisotopic (exact) mass is 492 g/mol. The van der Waals surface area contributed by atoms with E-state index in [1.54, 1.807) is 12.4 Å². The maximum atomic E-state index is 13.2. The van der Waals surface area contributed by atoms with Gasteiger partial charge in [0.15, 0.2) is 5.82 Å². The summed E-state index contributed by atoms with van der Waals surface area (Å²) in [5, 5.41) is 3.35. The first-order valence-electron chi connectivity index (χ1n) is 11.5. The molecule has 1 fully saturated rings. The second kappa shape index (κ2) is 9.90. The molecule has 0 atom stereocenters. The lowest BCUT2D eigenvalue weighted by Gasteiger charge is -2.35. The van der Waals surface area contributed by atoms with Gasteiger partial charge in [-0.05, 0) is 36.4 Å². The molecule has 1 N–H and O–H groups in total. The van der Waals surface area contributed by atoms with Crippen molar-refractivity contribution in [3.05, 3.63) is 78.6 Å². The molecule has 36 heavy (non-hydrogen) atoms. The third kappa shape index (κ3) is 5.13. The number of anilines is 2. The number of amides is 1. The molecule has 0 bridgehead atoms. The van der Waals surface area contributed by atoms with E-state index in [0.29, 0.717) is 32.0 Å². The van der Waals surface area contributed by atoms with E-state index in [2.05, 4.69) is 15.2 Å². The zero-order valence-electron chi connectivity index (χ0n) is 19.2. The summed E-state index contributed by atoms with van der Waals surface area (Å²) >= 11 is 0. The standard InChI is InChI=1S/C26H23F3N6O/c27-26(28,29)20-8-2-4-10-22(20)31-23(36)17-34-12-14-35(15-13-34)25-19-7-1-3-9-21(19)32-24(33-25)18-6-5-11-30-16-18/h1-11,16H,12-15,17H2,(H,31,36). The first-order chi connectivity index (χ1) is 17.4. The highest BCUT2D eigenvalue weighted by atomic mass is 19.4. The van der Waals surface area contributed by atoms with E-state index in [1.807, 2.05) is 41.3 Å². The molecule has 1 aliphatic heterocycles. The van der Waals surface area contributed by atoms with Gasteiger partial charge in [0.05, 0.1) is 23.3 Å². The van der Waals surface area contributed by atoms with Gasteiger partial charge < -0.3 is 10.2 Å². The molecular weight excluding hydrogens is 469 g/mol. The largest absolute Gasteiger partial charge is 0.418 e. The molecule has 1 saturated heterocycles. The Hall–Kier alpha value is -4.05. The van der Waals surface area contributed by atoms with E-state index in [0.717, 1.165) is 28.4 Å². The van der Waals surface area contributed by atoms with E-state index in [1.165, 1.54) is 18.2 Å². The van der Waals surface area contributed by atoms with E-state index in [9.17, 15) is 18.0 Å². The molecule has 10 heteroatoms. The normalized spacial score (nSPS) is 14.7. The molecule has 3 heterocycles. The van der Waals surface area contributed by atoms with E-state index >= 15 is 0 Å². The minimum Gasteiger partial charge on any atom is -0.353 e. The second-order valence-corrected chi connectivity index (χ2v) is 8.48. The van der Waals surface area contributed by atoms with Gasteiger partial charge in [-0.2, -0.15) is 13.2 Å². The molecule has 0 spiro atoms. The summed E-state index contributed by atoms with van der Waals surface area (Å²) in [6.07, 6.45) is -1.12. The molecule has 0 radical (unpaired) electrons. The van der Waals surface area contributed by atoms with Crippen molar-refractivity contribution in [3.8, 4) is 11.4 Å². The van der Waals surface area contributed by atoms with Crippen LogP contribution in [0.5, 0.6) is 0 Å². The number of carbonyl (C=O) groups is 1. The van der Waals surface area contributed by atoms with Crippen LogP contribution in [0.4, 0.5) is 24.7 Å². The van der Waals surface area contributed by atoms with Gasteiger partial charge in [-0.3, -0.25) is 14.7 Å². The Balaban J connectivity index is 1.28. The molecule has 2 aromatic carbocycles. The Kier molecular flexibility index (Phi) is 6.51. The van der Waals surface area contributed by atoms with Crippen LogP contribution < -0.4 is 10.2 Å². The first-order valence-corrected chi connectivity index (χ1v) is 11.5. The molecule has 1 aliphatic rings. The Labute approximate surface area is 205 Å². The van der Waals surface area contributed by atoms with Gasteiger partial charge in [0.1, 0.15) is 5.82 Å². The van der Waals surface area contributed by atoms with Crippen molar-refractivity contribution in [3.63, 3.8) is 0 Å². The van der Waals surface area contributed by atoms with Crippen LogP contribution in [-0.2, 0) is 11.0 Å². The molecule has 2 aromatic heterocycles. The number of hydrogen-bond acceptors (Lipinski definition) is 6. The van der Waals surface area contributed by atoms with Crippen LogP contribution in [0.25, 0.3) is 22.3 Å². The number of halogens is 3. The molecule has 1 amide bonds. The topological polar surface area (TPSA) is 74.2 Å². The smallest absolute Gasteiger partial charge is 0.353 e. The summed E-state index contributed by atoms with van der Waals surface area (Å²) in [7, 11) is 0. The number of pyridine rings is 1. The molecule has 0 saturated carbocycles. The number of nitrogens with one attached hydrogen (secondary N) is 1. The van der Waals surface area contributed by atoms with Gasteiger partial charge in [-0.25, -0.2) is 9.97 Å². The average Bonchev–Trinajstić information content (AvgIpc) is 2.89. The van der Waals surface area contributed by atoms with Crippen molar-refractivity contribution < 1.29 is 18.0 Å². The minimum atomic E-state index is -4.54. The Morgan fingerprint density at radius 1 is 0.917 bits per heavy atom. The van der Waals surface area contributed by atoms with Crippen LogP contribution >= 0.6 is 0 Å². The first kappa shape index (κ1) is 23.7. The third-order valence-corrected chi connectivity index (χ3v) is 6.05. The van der Waals surface area contributed by atoms with Crippen LogP contribution in [0, 0.1) is 0 Å². The lowest BCUT2D eigenvalue weighted by molar-refractivity contribution is -0.137. The quantitative estimate of drug-likeness (QED) is 0.443. The Morgan fingerprint density at radius 2 is 1.67 bits per heavy atom. The van der Waals surface area contributed by atoms with Gasteiger partial charge in [0.2, 0.25) is 5.91 Å². The molecule has 184 valence electrons. The van der Waals surface area contributed by atoms with Crippen LogP contribution in [0.1, 0.15) is 5.56 Å². The van der Waals surface area contributed by atoms with Crippen molar-refractivity contribution in [2.24, 2.45) is 0 Å². The summed E-state index contributed by atoms with van der Waals surface area (Å²) in [5.41, 5.74) is 0.553. The third-order valence-electron chi connectivity index (χ3n) is 6.05. The highest BCUT2D eigenvalue weighted by Gasteiger charge is 2.33. The van der Waals surface area contributed by atoms with Gasteiger partial charge in [-0.1, -0.05) is 24.3 Å². The number of alkyl halides is 3. The molecule has 0 aliphatic carbocycles. The fourth-order valence-electron chi connectivity index (χ4n) is 4.27. The predicted octanol–water partition coefficient (Wildman–Crippen LogP) is 4.47. The number of para-hydroxylation sites is 2. The summed E-state index contributed by atoms with van der Waals surface area (Å²) in [5.74, 6) is 0.913. The number of aromatic nitrogens is 3. The van der Waals surface area contributed by atoms with Crippen molar-refractivity contribution in [1.82, 2.24) is 19.9 Å². The molecule has 0 unspecified atom stereocenters. The van der Waals surface area contributed by atoms with E-state index in [4.69, 9.17) is 9.97 Å². The summed E-state index contributed by atoms with van der Waals surface area (Å²) < 4.78 is 39.7. The summed E-state index contributed by atoms with van der Waals surface area (Å²) in [6, 6.07) is 16.5. The number of rotatable bonds is 5. The molecule has 7 nitrogen and oxygen atoms in total. The number of carbonyl (C=O) groups excluding carboxylic acids is 1. The van der Waals surface area contributed by atoms with Gasteiger partial charge >= 0.3 is 6.18 Å². The van der Waals surface area contributed by atoms with Gasteiger partial charge in [0, 0.05) is 49.5 Å². The number of nitrogens with zero attached hydrogens (tertiary/aromatic N) is 5. The second-order valence-electron chi connectivity index (χ2n) is 8.48. The summed E-state index contributed by atoms with van der Waals surface area (Å²) in [6.45, 7) is 2.36. The average molecular weight is 493 g/mol. The van der Waals surface area contributed by atoms with Crippen molar-refractivity contribution in [2.45, 2.75) is 6.18 Å². The van der Waals surface area contributed by atoms with Crippen molar-refractivity contribution >= 4 is 28.3 Å². The highest BCUT2D eigenvalue weighted by molar-refractivity contribution is 5.93.